The highest BCUT2D eigenvalue weighted by molar-refractivity contribution is 6.25. The Hall–Kier alpha value is -9.06. The average molecular weight is 909 g/mol. The molecule has 0 aliphatic carbocycles. The van der Waals surface area contributed by atoms with E-state index in [1.54, 1.807) is 0 Å². The van der Waals surface area contributed by atoms with E-state index in [9.17, 15) is 0 Å². The quantitative estimate of drug-likeness (QED) is 0.164. The van der Waals surface area contributed by atoms with Crippen LogP contribution in [0.15, 0.2) is 239 Å². The number of amidine groups is 1. The highest BCUT2D eigenvalue weighted by Crippen LogP contribution is 2.47. The third kappa shape index (κ3) is 5.93. The maximum atomic E-state index is 7.12. The van der Waals surface area contributed by atoms with Crippen LogP contribution in [0.4, 0.5) is 0 Å². The molecule has 2 atom stereocenters. The number of fused-ring (bicyclic) bond motifs is 14. The van der Waals surface area contributed by atoms with Crippen molar-refractivity contribution < 1.29 is 4.42 Å². The van der Waals surface area contributed by atoms with Gasteiger partial charge in [0.15, 0.2) is 5.84 Å². The third-order valence-corrected chi connectivity index (χ3v) is 15.3. The van der Waals surface area contributed by atoms with Crippen molar-refractivity contribution in [1.29, 1.82) is 0 Å². The van der Waals surface area contributed by atoms with Crippen molar-refractivity contribution in [3.8, 4) is 11.4 Å². The van der Waals surface area contributed by atoms with Crippen LogP contribution >= 0.6 is 0 Å². The van der Waals surface area contributed by atoms with E-state index in [0.717, 1.165) is 95.3 Å². The van der Waals surface area contributed by atoms with E-state index in [-0.39, 0.29) is 12.0 Å². The van der Waals surface area contributed by atoms with Gasteiger partial charge in [-0.3, -0.25) is 4.99 Å². The van der Waals surface area contributed by atoms with Gasteiger partial charge < -0.3 is 13.6 Å². The maximum Gasteiger partial charge on any atom is 0.155 e. The van der Waals surface area contributed by atoms with E-state index >= 15 is 0 Å². The molecule has 334 valence electrons. The van der Waals surface area contributed by atoms with Crippen molar-refractivity contribution in [3.63, 3.8) is 0 Å². The van der Waals surface area contributed by atoms with E-state index in [2.05, 4.69) is 241 Å². The minimum Gasteiger partial charge on any atom is -0.455 e. The number of nitrogens with zero attached hydrogens (tertiary/aromatic N) is 4. The van der Waals surface area contributed by atoms with E-state index in [0.29, 0.717) is 0 Å². The van der Waals surface area contributed by atoms with E-state index in [1.807, 2.05) is 0 Å². The summed E-state index contributed by atoms with van der Waals surface area (Å²) in [5, 5.41) is 14.0. The second kappa shape index (κ2) is 15.5. The van der Waals surface area contributed by atoms with Gasteiger partial charge in [-0.05, 0) is 82.6 Å². The summed E-state index contributed by atoms with van der Waals surface area (Å²) in [5.74, 6) is 0.610. The predicted molar refractivity (Wildman–Crippen MR) is 297 cm³/mol. The van der Waals surface area contributed by atoms with Crippen LogP contribution in [-0.4, -0.2) is 20.7 Å². The molecule has 5 heteroatoms. The summed E-state index contributed by atoms with van der Waals surface area (Å²) in [6.07, 6.45) is 0.797. The van der Waals surface area contributed by atoms with Gasteiger partial charge in [0.25, 0.3) is 0 Å². The van der Waals surface area contributed by atoms with Crippen LogP contribution < -0.4 is 0 Å². The Morgan fingerprint density at radius 3 is 1.90 bits per heavy atom. The van der Waals surface area contributed by atoms with E-state index in [4.69, 9.17) is 14.4 Å². The minimum atomic E-state index is -0.354. The average Bonchev–Trinajstić information content (AvgIpc) is 4.10. The van der Waals surface area contributed by atoms with Crippen LogP contribution in [0, 0.1) is 5.92 Å². The second-order valence-electron chi connectivity index (χ2n) is 19.1. The topological polar surface area (TPSA) is 47.7 Å². The molecule has 11 aromatic carbocycles. The first kappa shape index (κ1) is 39.9. The first-order valence-electron chi connectivity index (χ1n) is 24.7. The van der Waals surface area contributed by atoms with Crippen molar-refractivity contribution >= 4 is 109 Å². The number of benzene rings is 11. The minimum absolute atomic E-state index is 0.112. The lowest BCUT2D eigenvalue weighted by Crippen LogP contribution is -2.29. The molecule has 5 nitrogen and oxygen atoms in total. The maximum absolute atomic E-state index is 7.12. The molecule has 0 fully saturated rings. The van der Waals surface area contributed by atoms with Gasteiger partial charge in [0.1, 0.15) is 11.2 Å². The molecule has 1 aliphatic rings. The van der Waals surface area contributed by atoms with Crippen LogP contribution in [0.3, 0.4) is 0 Å². The Kier molecular flexibility index (Phi) is 8.69. The van der Waals surface area contributed by atoms with Crippen molar-refractivity contribution in [2.75, 3.05) is 0 Å². The highest BCUT2D eigenvalue weighted by atomic mass is 16.3. The van der Waals surface area contributed by atoms with Crippen LogP contribution in [0.25, 0.3) is 109 Å². The van der Waals surface area contributed by atoms with E-state index in [1.165, 1.54) is 48.6 Å². The van der Waals surface area contributed by atoms with Crippen molar-refractivity contribution in [2.24, 2.45) is 15.9 Å². The Morgan fingerprint density at radius 1 is 0.465 bits per heavy atom. The Labute approximate surface area is 408 Å². The molecular formula is C66H44N4O. The summed E-state index contributed by atoms with van der Waals surface area (Å²) in [6.45, 7) is 2.30. The molecule has 15 rings (SSSR count). The standard InChI is InChI=1S/C66H44N4O/c1-2-46-62(52-29-17-31-57-61(52)51-28-15-16-30-56(51)69(57)45-24-7-4-8-25-45)67-66(42-20-5-3-6-21-42)68-63(46)55-39-60-54(50-35-33-41-19-12-14-27-48(41)65(50)71-60)38-59(55)70-58-37-44-23-10-9-22-43(44)36-53(58)49-34-32-40-18-11-13-26-47(40)64(49)70/h3-39,46,63H,2H2,1H3. The highest BCUT2D eigenvalue weighted by Gasteiger charge is 2.36. The predicted octanol–water partition coefficient (Wildman–Crippen LogP) is 17.3. The Morgan fingerprint density at radius 2 is 1.11 bits per heavy atom. The van der Waals surface area contributed by atoms with Crippen molar-refractivity contribution in [2.45, 2.75) is 19.4 Å². The third-order valence-electron chi connectivity index (χ3n) is 15.3. The SMILES string of the molecule is CCC1C(c2cccc3c2c2ccccc2n3-c2ccccc2)=NC(c2ccccc2)=NC1c1cc2oc3c4ccccc4ccc3c2cc1-n1c2cc3ccccc3cc2c2ccc3ccccc3c21. The molecule has 71 heavy (non-hydrogen) atoms. The molecule has 4 heterocycles. The van der Waals surface area contributed by atoms with Gasteiger partial charge in [-0.2, -0.15) is 0 Å². The van der Waals surface area contributed by atoms with E-state index < -0.39 is 0 Å². The van der Waals surface area contributed by atoms with Gasteiger partial charge in [0, 0.05) is 71.4 Å². The van der Waals surface area contributed by atoms with Gasteiger partial charge in [-0.25, -0.2) is 4.99 Å². The molecule has 14 aromatic rings. The lowest BCUT2D eigenvalue weighted by molar-refractivity contribution is 0.531. The number of furan rings is 1. The van der Waals surface area contributed by atoms with Gasteiger partial charge in [0.05, 0.1) is 39.5 Å². The summed E-state index contributed by atoms with van der Waals surface area (Å²) in [6, 6.07) is 81.1. The summed E-state index contributed by atoms with van der Waals surface area (Å²) >= 11 is 0. The fourth-order valence-corrected chi connectivity index (χ4v) is 12.1. The fourth-order valence-electron chi connectivity index (χ4n) is 12.1. The van der Waals surface area contributed by atoms with Gasteiger partial charge in [0.2, 0.25) is 0 Å². The number of para-hydroxylation sites is 2. The number of aliphatic imine (C=N–C) groups is 2. The lowest BCUT2D eigenvalue weighted by atomic mass is 9.81. The first-order valence-corrected chi connectivity index (χ1v) is 24.7. The molecule has 1 aliphatic heterocycles. The molecule has 0 N–H and O–H groups in total. The monoisotopic (exact) mass is 908 g/mol. The number of hydrogen-bond donors (Lipinski definition) is 0. The summed E-state index contributed by atoms with van der Waals surface area (Å²) in [7, 11) is 0. The normalized spacial score (nSPS) is 15.3. The van der Waals surface area contributed by atoms with Gasteiger partial charge in [-0.1, -0.05) is 177 Å². The summed E-state index contributed by atoms with van der Waals surface area (Å²) in [4.78, 5) is 11.6. The summed E-state index contributed by atoms with van der Waals surface area (Å²) < 4.78 is 12.1. The summed E-state index contributed by atoms with van der Waals surface area (Å²) in [5.41, 5.74) is 12.8. The molecule has 0 amide bonds. The Bertz CT molecular complexity index is 4570. The van der Waals surface area contributed by atoms with Gasteiger partial charge in [-0.15, -0.1) is 0 Å². The van der Waals surface area contributed by atoms with Crippen LogP contribution in [0.5, 0.6) is 0 Å². The molecule has 0 spiro atoms. The number of aromatic nitrogens is 2. The molecule has 3 aromatic heterocycles. The van der Waals surface area contributed by atoms with Crippen molar-refractivity contribution in [1.82, 2.24) is 9.13 Å². The zero-order valence-electron chi connectivity index (χ0n) is 38.9. The largest absolute Gasteiger partial charge is 0.455 e. The molecule has 0 bridgehead atoms. The number of rotatable bonds is 6. The van der Waals surface area contributed by atoms with Crippen LogP contribution in [-0.2, 0) is 0 Å². The molecule has 0 saturated carbocycles. The zero-order chi connectivity index (χ0) is 46.7. The molecule has 0 saturated heterocycles. The molecular weight excluding hydrogens is 865 g/mol. The van der Waals surface area contributed by atoms with Crippen molar-refractivity contribution in [3.05, 3.63) is 241 Å². The fraction of sp³-hybridized carbons (Fsp3) is 0.0606. The Balaban J connectivity index is 1.07. The first-order chi connectivity index (χ1) is 35.2. The lowest BCUT2D eigenvalue weighted by Gasteiger charge is -2.31. The van der Waals surface area contributed by atoms with Gasteiger partial charge >= 0.3 is 0 Å². The smallest absolute Gasteiger partial charge is 0.155 e. The zero-order valence-corrected chi connectivity index (χ0v) is 38.9. The second-order valence-corrected chi connectivity index (χ2v) is 19.1. The van der Waals surface area contributed by atoms with Crippen LogP contribution in [0.1, 0.15) is 36.1 Å². The van der Waals surface area contributed by atoms with Crippen LogP contribution in [0.2, 0.25) is 0 Å². The number of hydrogen-bond acceptors (Lipinski definition) is 3. The molecule has 0 radical (unpaired) electrons. The molecule has 2 unspecified atom stereocenters.